The zero-order valence-corrected chi connectivity index (χ0v) is 26.2. The number of nitriles is 2. The van der Waals surface area contributed by atoms with Crippen molar-refractivity contribution < 1.29 is 18.7 Å². The van der Waals surface area contributed by atoms with Gasteiger partial charge in [0.2, 0.25) is 0 Å². The lowest BCUT2D eigenvalue weighted by Gasteiger charge is -2.11. The van der Waals surface area contributed by atoms with Gasteiger partial charge in [-0.2, -0.15) is 10.5 Å². The molecule has 41 heavy (non-hydrogen) atoms. The van der Waals surface area contributed by atoms with Crippen LogP contribution in [0.25, 0.3) is 32.9 Å². The van der Waals surface area contributed by atoms with Crippen LogP contribution in [0.5, 0.6) is 5.75 Å². The number of hydrogen-bond acceptors (Lipinski definition) is 9. The highest BCUT2D eigenvalue weighted by Crippen LogP contribution is 2.33. The number of fused-ring (bicyclic) bond motifs is 3. The molecule has 5 rings (SSSR count). The summed E-state index contributed by atoms with van der Waals surface area (Å²) in [5, 5.41) is 19.8. The molecule has 5 aromatic rings. The summed E-state index contributed by atoms with van der Waals surface area (Å²) in [4.78, 5) is 31.3. The Labute approximate surface area is 259 Å². The number of halogens is 3. The van der Waals surface area contributed by atoms with E-state index in [9.17, 15) is 9.59 Å². The summed E-state index contributed by atoms with van der Waals surface area (Å²) in [5.41, 5.74) is 2.64. The number of rotatable bonds is 3. The van der Waals surface area contributed by atoms with E-state index in [1.807, 2.05) is 12.1 Å². The van der Waals surface area contributed by atoms with Crippen molar-refractivity contribution in [3.05, 3.63) is 100 Å². The molecule has 0 saturated heterocycles. The molecule has 0 aliphatic rings. The maximum Gasteiger partial charge on any atom is 0.369 e. The molecule has 0 radical (unpaired) electrons. The van der Waals surface area contributed by atoms with E-state index < -0.39 is 11.6 Å². The Balaban J connectivity index is 0.000000201. The summed E-state index contributed by atoms with van der Waals surface area (Å²) in [7, 11) is 2.83. The first-order valence-electron chi connectivity index (χ1n) is 11.5. The average molecular weight is 741 g/mol. The van der Waals surface area contributed by atoms with Crippen LogP contribution in [-0.4, -0.2) is 33.3 Å². The van der Waals surface area contributed by atoms with E-state index in [0.717, 1.165) is 10.8 Å². The third kappa shape index (κ3) is 8.01. The fourth-order valence-electron chi connectivity index (χ4n) is 3.73. The van der Waals surface area contributed by atoms with Crippen LogP contribution < -0.4 is 10.4 Å². The Bertz CT molecular complexity index is 1850. The molecule has 0 bridgehead atoms. The summed E-state index contributed by atoms with van der Waals surface area (Å²) in [5.74, 6) is 0.0416. The zero-order valence-electron chi connectivity index (χ0n) is 21.5. The van der Waals surface area contributed by atoms with Gasteiger partial charge >= 0.3 is 14.8 Å². The molecular formula is C28H18BBr3N4O5. The van der Waals surface area contributed by atoms with E-state index in [-0.39, 0.29) is 3.18 Å². The number of carbonyl (C=O) groups is 1. The molecule has 2 aromatic carbocycles. The van der Waals surface area contributed by atoms with Crippen LogP contribution in [-0.2, 0) is 4.74 Å². The standard InChI is InChI=1S/C15H12N2O3.C13H6N2O2.BBr3/c1-19-14-7-10(8-16)3-4-12(14)11-5-6-17-9-13(11)15(18)20-2;14-6-8-1-2-10-9-3-4-15-7-11(9)13(16)17-12(10)5-8;2-1(3)4/h3-7,9H,1-2H3;1-5,7H;. The van der Waals surface area contributed by atoms with Gasteiger partial charge in [0.15, 0.2) is 0 Å². The van der Waals surface area contributed by atoms with Gasteiger partial charge in [0.05, 0.1) is 48.4 Å². The van der Waals surface area contributed by atoms with Crippen molar-refractivity contribution in [3.63, 3.8) is 0 Å². The Morgan fingerprint density at radius 1 is 0.854 bits per heavy atom. The molecule has 3 aromatic heterocycles. The van der Waals surface area contributed by atoms with Crippen LogP contribution in [0.2, 0.25) is 0 Å². The number of pyridine rings is 2. The van der Waals surface area contributed by atoms with Crippen LogP contribution in [0.15, 0.2) is 82.5 Å². The summed E-state index contributed by atoms with van der Waals surface area (Å²) in [6.07, 6.45) is 6.14. The van der Waals surface area contributed by atoms with E-state index in [1.165, 1.54) is 26.6 Å². The van der Waals surface area contributed by atoms with Crippen molar-refractivity contribution in [2.24, 2.45) is 0 Å². The van der Waals surface area contributed by atoms with E-state index in [0.29, 0.717) is 44.5 Å². The molecule has 204 valence electrons. The highest BCUT2D eigenvalue weighted by molar-refractivity contribution is 9.69. The third-order valence-electron chi connectivity index (χ3n) is 5.49. The molecule has 0 fully saturated rings. The molecule has 0 N–H and O–H groups in total. The summed E-state index contributed by atoms with van der Waals surface area (Å²) in [6, 6.07) is 17.6. The minimum Gasteiger partial charge on any atom is -0.496 e. The molecule has 9 nitrogen and oxygen atoms in total. The number of benzene rings is 2. The van der Waals surface area contributed by atoms with Crippen molar-refractivity contribution in [2.75, 3.05) is 14.2 Å². The quantitative estimate of drug-likeness (QED) is 0.0848. The Morgan fingerprint density at radius 2 is 1.49 bits per heavy atom. The monoisotopic (exact) mass is 738 g/mol. The second kappa shape index (κ2) is 15.1. The minimum absolute atomic E-state index is 0.271. The third-order valence-corrected chi connectivity index (χ3v) is 5.49. The zero-order chi connectivity index (χ0) is 29.9. The van der Waals surface area contributed by atoms with Gasteiger partial charge in [-0.3, -0.25) is 9.97 Å². The topological polar surface area (TPSA) is 139 Å². The first-order valence-corrected chi connectivity index (χ1v) is 14.2. The van der Waals surface area contributed by atoms with Crippen LogP contribution in [0, 0.1) is 22.7 Å². The van der Waals surface area contributed by atoms with Crippen molar-refractivity contribution >= 4 is 78.2 Å². The first-order chi connectivity index (χ1) is 19.7. The first kappa shape index (κ1) is 31.5. The summed E-state index contributed by atoms with van der Waals surface area (Å²) in [6.45, 7) is 0. The number of nitrogens with zero attached hydrogens (tertiary/aromatic N) is 4. The lowest BCUT2D eigenvalue weighted by molar-refractivity contribution is 0.0601. The predicted octanol–water partition coefficient (Wildman–Crippen LogP) is 6.78. The van der Waals surface area contributed by atoms with Crippen molar-refractivity contribution in [1.29, 1.82) is 10.5 Å². The van der Waals surface area contributed by atoms with E-state index in [2.05, 4.69) is 57.2 Å². The van der Waals surface area contributed by atoms with Crippen LogP contribution in [0.4, 0.5) is 0 Å². The predicted molar refractivity (Wildman–Crippen MR) is 167 cm³/mol. The van der Waals surface area contributed by atoms with Gasteiger partial charge in [-0.05, 0) is 48.5 Å². The molecule has 13 heteroatoms. The van der Waals surface area contributed by atoms with Crippen molar-refractivity contribution in [1.82, 2.24) is 9.97 Å². The summed E-state index contributed by atoms with van der Waals surface area (Å²) >= 11 is 9.31. The molecule has 0 unspecified atom stereocenters. The second-order valence-electron chi connectivity index (χ2n) is 7.82. The fourth-order valence-corrected chi connectivity index (χ4v) is 3.73. The van der Waals surface area contributed by atoms with Crippen LogP contribution in [0.1, 0.15) is 21.5 Å². The Kier molecular flexibility index (Phi) is 11.6. The average Bonchev–Trinajstić information content (AvgIpc) is 3.00. The number of aromatic nitrogens is 2. The second-order valence-corrected chi connectivity index (χ2v) is 14.3. The van der Waals surface area contributed by atoms with Gasteiger partial charge < -0.3 is 13.9 Å². The number of ether oxygens (including phenoxy) is 2. The fraction of sp³-hybridized carbons (Fsp3) is 0.0714. The van der Waals surface area contributed by atoms with Crippen LogP contribution in [0.3, 0.4) is 0 Å². The van der Waals surface area contributed by atoms with Gasteiger partial charge in [-0.1, -0.05) is 0 Å². The largest absolute Gasteiger partial charge is 0.496 e. The molecular weight excluding hydrogens is 723 g/mol. The van der Waals surface area contributed by atoms with Gasteiger partial charge in [-0.25, -0.2) is 9.59 Å². The van der Waals surface area contributed by atoms with Crippen molar-refractivity contribution in [3.8, 4) is 29.0 Å². The highest BCUT2D eigenvalue weighted by Gasteiger charge is 2.16. The van der Waals surface area contributed by atoms with Gasteiger partial charge in [0.1, 0.15) is 11.3 Å². The van der Waals surface area contributed by atoms with E-state index in [1.54, 1.807) is 60.9 Å². The molecule has 0 atom stereocenters. The maximum atomic E-state index is 11.8. The molecule has 0 aliphatic carbocycles. The highest BCUT2D eigenvalue weighted by atomic mass is 79.9. The number of esters is 1. The van der Waals surface area contributed by atoms with Gasteiger partial charge in [0, 0.05) is 46.7 Å². The molecule has 0 aliphatic heterocycles. The number of carbonyl (C=O) groups excluding carboxylic acids is 1. The lowest BCUT2D eigenvalue weighted by Crippen LogP contribution is -2.04. The minimum atomic E-state index is -0.473. The van der Waals surface area contributed by atoms with E-state index >= 15 is 0 Å². The Hall–Kier alpha value is -4.04. The summed E-state index contributed by atoms with van der Waals surface area (Å²) < 4.78 is 15.5. The van der Waals surface area contributed by atoms with Gasteiger partial charge in [0.25, 0.3) is 0 Å². The molecule has 0 spiro atoms. The molecule has 0 saturated carbocycles. The Morgan fingerprint density at radius 3 is 2.15 bits per heavy atom. The normalized spacial score (nSPS) is 9.73. The smallest absolute Gasteiger partial charge is 0.369 e. The SMILES string of the molecule is BrB(Br)Br.COC(=O)c1cnccc1-c1ccc(C#N)cc1OC.N#Cc1ccc2c(c1)oc(=O)c1cnccc12. The lowest BCUT2D eigenvalue weighted by atomic mass is 9.99. The maximum absolute atomic E-state index is 11.8. The molecule has 0 amide bonds. The number of methoxy groups -OCH3 is 2. The van der Waals surface area contributed by atoms with Crippen LogP contribution >= 0.6 is 47.3 Å². The molecule has 3 heterocycles. The van der Waals surface area contributed by atoms with Gasteiger partial charge in [-0.15, -0.1) is 47.3 Å². The van der Waals surface area contributed by atoms with E-state index in [4.69, 9.17) is 24.4 Å². The number of hydrogen-bond donors (Lipinski definition) is 0. The van der Waals surface area contributed by atoms with Crippen molar-refractivity contribution in [2.45, 2.75) is 0 Å².